The van der Waals surface area contributed by atoms with Crippen LogP contribution >= 0.6 is 0 Å². The van der Waals surface area contributed by atoms with Crippen LogP contribution in [0.5, 0.6) is 0 Å². The van der Waals surface area contributed by atoms with Crippen molar-refractivity contribution in [1.82, 2.24) is 0 Å². The van der Waals surface area contributed by atoms with Crippen molar-refractivity contribution in [1.29, 1.82) is 0 Å². The Labute approximate surface area is 62.1 Å². The second-order valence-corrected chi connectivity index (χ2v) is 3.08. The molecule has 4 fully saturated rings. The largest absolute Gasteiger partial charge is 0.336 e. The third kappa shape index (κ3) is 0.590. The van der Waals surface area contributed by atoms with Gasteiger partial charge in [-0.3, -0.25) is 0 Å². The molecule has 0 aromatic rings. The molecule has 4 rings (SSSR count). The minimum Gasteiger partial charge on any atom is -0.336 e. The molecule has 4 aliphatic rings. The van der Waals surface area contributed by atoms with E-state index < -0.39 is 0 Å². The molecule has 4 heterocycles. The van der Waals surface area contributed by atoms with Crippen LogP contribution in [0.2, 0.25) is 0 Å². The Morgan fingerprint density at radius 2 is 1.27 bits per heavy atom. The zero-order valence-corrected chi connectivity index (χ0v) is 5.51. The van der Waals surface area contributed by atoms with Gasteiger partial charge in [-0.05, 0) is 0 Å². The van der Waals surface area contributed by atoms with Crippen LogP contribution in [-0.2, 0) is 23.7 Å². The lowest BCUT2D eigenvalue weighted by atomic mass is 10.3. The minimum absolute atomic E-state index is 0.0102. The number of epoxide rings is 2. The third-order valence-corrected chi connectivity index (χ3v) is 2.31. The lowest BCUT2D eigenvalue weighted by Gasteiger charge is -2.28. The quantitative estimate of drug-likeness (QED) is 0.491. The first-order valence-corrected chi connectivity index (χ1v) is 3.69. The average Bonchev–Trinajstić information content (AvgIpc) is 2.75. The minimum atomic E-state index is -0.213. The Hall–Kier alpha value is -0.200. The molecule has 4 saturated heterocycles. The van der Waals surface area contributed by atoms with Crippen molar-refractivity contribution in [3.63, 3.8) is 0 Å². The zero-order valence-electron chi connectivity index (χ0n) is 5.51. The van der Waals surface area contributed by atoms with Crippen molar-refractivity contribution >= 4 is 0 Å². The van der Waals surface area contributed by atoms with Crippen molar-refractivity contribution in [3.8, 4) is 0 Å². The molecular formula is C6H6O5. The number of fused-ring (bicyclic) bond motifs is 2. The molecule has 4 aliphatic heterocycles. The Morgan fingerprint density at radius 1 is 0.727 bits per heavy atom. The number of hydrogen-bond donors (Lipinski definition) is 0. The highest BCUT2D eigenvalue weighted by molar-refractivity contribution is 4.95. The summed E-state index contributed by atoms with van der Waals surface area (Å²) in [6.07, 6.45) is -0.0786. The summed E-state index contributed by atoms with van der Waals surface area (Å²) in [7, 11) is 0. The maximum Gasteiger partial charge on any atom is 0.195 e. The normalized spacial score (nSPS) is 68.7. The van der Waals surface area contributed by atoms with Gasteiger partial charge >= 0.3 is 0 Å². The van der Waals surface area contributed by atoms with E-state index in [0.29, 0.717) is 0 Å². The molecule has 11 heavy (non-hydrogen) atoms. The molecule has 0 N–H and O–H groups in total. The summed E-state index contributed by atoms with van der Waals surface area (Å²) in [6, 6.07) is 0. The summed E-state index contributed by atoms with van der Waals surface area (Å²) in [5.41, 5.74) is 0. The van der Waals surface area contributed by atoms with Gasteiger partial charge in [0, 0.05) is 0 Å². The first kappa shape index (κ1) is 5.45. The molecule has 0 radical (unpaired) electrons. The number of rotatable bonds is 2. The van der Waals surface area contributed by atoms with E-state index in [1.807, 2.05) is 0 Å². The van der Waals surface area contributed by atoms with E-state index in [2.05, 4.69) is 0 Å². The van der Waals surface area contributed by atoms with E-state index in [4.69, 9.17) is 23.7 Å². The Morgan fingerprint density at radius 3 is 1.55 bits per heavy atom. The van der Waals surface area contributed by atoms with Gasteiger partial charge in [0.15, 0.2) is 37.4 Å². The van der Waals surface area contributed by atoms with Crippen molar-refractivity contribution in [2.24, 2.45) is 0 Å². The topological polar surface area (TPSA) is 52.8 Å². The highest BCUT2D eigenvalue weighted by Gasteiger charge is 2.65. The first-order chi connectivity index (χ1) is 5.42. The van der Waals surface area contributed by atoms with Crippen molar-refractivity contribution < 1.29 is 23.7 Å². The third-order valence-electron chi connectivity index (χ3n) is 2.31. The Kier molecular flexibility index (Phi) is 0.723. The zero-order chi connectivity index (χ0) is 7.00. The molecule has 60 valence electrons. The fourth-order valence-electron chi connectivity index (χ4n) is 1.41. The Balaban J connectivity index is 1.39. The van der Waals surface area contributed by atoms with Crippen LogP contribution in [0, 0.1) is 0 Å². The van der Waals surface area contributed by atoms with Crippen molar-refractivity contribution in [2.75, 3.05) is 0 Å². The van der Waals surface area contributed by atoms with E-state index in [1.165, 1.54) is 0 Å². The smallest absolute Gasteiger partial charge is 0.195 e. The highest BCUT2D eigenvalue weighted by Crippen LogP contribution is 2.46. The van der Waals surface area contributed by atoms with Crippen LogP contribution in [0.25, 0.3) is 0 Å². The van der Waals surface area contributed by atoms with Gasteiger partial charge in [0.05, 0.1) is 0 Å². The molecule has 6 unspecified atom stereocenters. The molecule has 5 heteroatoms. The van der Waals surface area contributed by atoms with Crippen LogP contribution in [0.15, 0.2) is 0 Å². The molecule has 0 saturated carbocycles. The van der Waals surface area contributed by atoms with E-state index in [-0.39, 0.29) is 37.4 Å². The van der Waals surface area contributed by atoms with Crippen LogP contribution < -0.4 is 0 Å². The average molecular weight is 158 g/mol. The molecule has 0 aromatic heterocycles. The van der Waals surface area contributed by atoms with E-state index in [1.54, 1.807) is 0 Å². The van der Waals surface area contributed by atoms with Gasteiger partial charge in [-0.15, -0.1) is 0 Å². The maximum atomic E-state index is 5.34. The van der Waals surface area contributed by atoms with E-state index >= 15 is 0 Å². The molecule has 0 amide bonds. The predicted octanol–water partition coefficient (Wildman–Crippen LogP) is -0.835. The van der Waals surface area contributed by atoms with Gasteiger partial charge < -0.3 is 23.7 Å². The summed E-state index contributed by atoms with van der Waals surface area (Å²) >= 11 is 0. The fourth-order valence-corrected chi connectivity index (χ4v) is 1.41. The number of ether oxygens (including phenoxy) is 5. The monoisotopic (exact) mass is 158 g/mol. The van der Waals surface area contributed by atoms with Gasteiger partial charge in [0.2, 0.25) is 0 Å². The standard InChI is InChI=1S/C6H6O5/c7-1-3(7)9-5(1)11-6-2-4(8-2)10-6/h1-6H. The van der Waals surface area contributed by atoms with Gasteiger partial charge in [-0.2, -0.15) is 0 Å². The second kappa shape index (κ2) is 1.46. The Bertz CT molecular complexity index is 197. The predicted molar refractivity (Wildman–Crippen MR) is 28.2 cm³/mol. The van der Waals surface area contributed by atoms with Gasteiger partial charge in [0.1, 0.15) is 0 Å². The van der Waals surface area contributed by atoms with Gasteiger partial charge in [-0.25, -0.2) is 0 Å². The van der Waals surface area contributed by atoms with Crippen molar-refractivity contribution in [3.05, 3.63) is 0 Å². The lowest BCUT2D eigenvalue weighted by Crippen LogP contribution is -2.45. The molecule has 0 aromatic carbocycles. The molecule has 5 nitrogen and oxygen atoms in total. The van der Waals surface area contributed by atoms with Gasteiger partial charge in [-0.1, -0.05) is 0 Å². The molecule has 6 atom stereocenters. The van der Waals surface area contributed by atoms with Crippen LogP contribution in [0.4, 0.5) is 0 Å². The van der Waals surface area contributed by atoms with Crippen LogP contribution in [-0.4, -0.2) is 37.4 Å². The summed E-state index contributed by atoms with van der Waals surface area (Å²) in [5, 5.41) is 0. The summed E-state index contributed by atoms with van der Waals surface area (Å²) in [4.78, 5) is 0. The molecule has 0 aliphatic carbocycles. The van der Waals surface area contributed by atoms with E-state index in [0.717, 1.165) is 0 Å². The van der Waals surface area contributed by atoms with Crippen LogP contribution in [0.1, 0.15) is 0 Å². The SMILES string of the molecule is O(C1OC2OC12)C1OC2OC12. The molecule has 0 spiro atoms. The summed E-state index contributed by atoms with van der Waals surface area (Å²) in [5.74, 6) is 0. The summed E-state index contributed by atoms with van der Waals surface area (Å²) < 4.78 is 25.6. The fraction of sp³-hybridized carbons (Fsp3) is 1.00. The van der Waals surface area contributed by atoms with Crippen LogP contribution in [0.3, 0.4) is 0 Å². The first-order valence-electron chi connectivity index (χ1n) is 3.69. The molecule has 0 bridgehead atoms. The van der Waals surface area contributed by atoms with Gasteiger partial charge in [0.25, 0.3) is 0 Å². The second-order valence-electron chi connectivity index (χ2n) is 3.08. The number of hydrogen-bond acceptors (Lipinski definition) is 5. The maximum absolute atomic E-state index is 5.34. The van der Waals surface area contributed by atoms with E-state index in [9.17, 15) is 0 Å². The lowest BCUT2D eigenvalue weighted by molar-refractivity contribution is -0.305. The molecular weight excluding hydrogens is 152 g/mol. The summed E-state index contributed by atoms with van der Waals surface area (Å²) in [6.45, 7) is 0. The van der Waals surface area contributed by atoms with Crippen molar-refractivity contribution in [2.45, 2.75) is 37.4 Å². The highest BCUT2D eigenvalue weighted by atomic mass is 16.9.